The maximum Gasteiger partial charge on any atom is 0.139 e. The number of nitrogens with two attached hydrogens (primary N) is 1. The molecule has 4 N–H and O–H groups in total. The van der Waals surface area contributed by atoms with Crippen LogP contribution in [0.4, 0.5) is 15.8 Å². The molecule has 0 aliphatic rings. The summed E-state index contributed by atoms with van der Waals surface area (Å²) < 4.78 is 27.8. The predicted molar refractivity (Wildman–Crippen MR) is 80.3 cm³/mol. The van der Waals surface area contributed by atoms with Crippen molar-refractivity contribution in [2.24, 2.45) is 0 Å². The van der Waals surface area contributed by atoms with Gasteiger partial charge in [0.05, 0.1) is 15.4 Å². The number of phenols is 1. The van der Waals surface area contributed by atoms with Crippen LogP contribution in [0.3, 0.4) is 0 Å². The predicted octanol–water partition coefficient (Wildman–Crippen LogP) is 2.67. The van der Waals surface area contributed by atoms with Gasteiger partial charge in [-0.15, -0.1) is 0 Å². The van der Waals surface area contributed by atoms with Gasteiger partial charge in [-0.3, -0.25) is 0 Å². The summed E-state index contributed by atoms with van der Waals surface area (Å²) in [5, 5.41) is 9.65. The fourth-order valence-corrected chi connectivity index (χ4v) is 2.40. The van der Waals surface area contributed by atoms with Gasteiger partial charge in [-0.2, -0.15) is 0 Å². The summed E-state index contributed by atoms with van der Waals surface area (Å²) in [5.41, 5.74) is 6.25. The second-order valence-electron chi connectivity index (χ2n) is 4.39. The Hall–Kier alpha value is -1.69. The molecular weight excluding hydrogens is 267 g/mol. The lowest BCUT2D eigenvalue weighted by Crippen LogP contribution is -2.13. The average Bonchev–Trinajstić information content (AvgIpc) is 2.30. The number of phenolic OH excluding ortho intramolecular Hbond substituents is 1. The van der Waals surface area contributed by atoms with E-state index < -0.39 is 15.9 Å². The van der Waals surface area contributed by atoms with Crippen LogP contribution < -0.4 is 10.5 Å². The molecule has 1 rings (SSSR count). The van der Waals surface area contributed by atoms with E-state index in [-0.39, 0.29) is 17.9 Å². The van der Waals surface area contributed by atoms with E-state index in [4.69, 9.17) is 5.73 Å². The Labute approximate surface area is 113 Å². The first kappa shape index (κ1) is 15.4. The minimum absolute atomic E-state index is 0.0720. The molecule has 0 amide bonds. The van der Waals surface area contributed by atoms with Crippen molar-refractivity contribution in [1.82, 2.24) is 0 Å². The highest BCUT2D eigenvalue weighted by molar-refractivity contribution is 8.05. The van der Waals surface area contributed by atoms with E-state index >= 15 is 0 Å². The Morgan fingerprint density at radius 2 is 2.32 bits per heavy atom. The SMILES string of the molecule is C=S(=O)(Nc1cc(N)ccc1O)/C(C)=C/CC(C)F. The molecule has 0 bridgehead atoms. The fourth-order valence-electron chi connectivity index (χ4n) is 1.36. The third-order valence-electron chi connectivity index (χ3n) is 2.55. The van der Waals surface area contributed by atoms with Gasteiger partial charge in [0, 0.05) is 10.6 Å². The highest BCUT2D eigenvalue weighted by Crippen LogP contribution is 2.27. The molecule has 19 heavy (non-hydrogen) atoms. The Balaban J connectivity index is 2.96. The number of hydrogen-bond donors (Lipinski definition) is 3. The average molecular weight is 286 g/mol. The Bertz CT molecular complexity index is 580. The number of benzene rings is 1. The van der Waals surface area contributed by atoms with Crippen molar-refractivity contribution in [2.75, 3.05) is 10.5 Å². The molecule has 2 unspecified atom stereocenters. The van der Waals surface area contributed by atoms with Gasteiger partial charge >= 0.3 is 0 Å². The van der Waals surface area contributed by atoms with Crippen LogP contribution in [0.2, 0.25) is 0 Å². The minimum atomic E-state index is -2.82. The van der Waals surface area contributed by atoms with Gasteiger partial charge in [0.15, 0.2) is 0 Å². The summed E-state index contributed by atoms with van der Waals surface area (Å²) in [6.45, 7) is 3.03. The number of allylic oxidation sites excluding steroid dienone is 2. The minimum Gasteiger partial charge on any atom is -0.506 e. The van der Waals surface area contributed by atoms with Crippen molar-refractivity contribution in [2.45, 2.75) is 26.4 Å². The lowest BCUT2D eigenvalue weighted by Gasteiger charge is -2.15. The van der Waals surface area contributed by atoms with Crippen molar-refractivity contribution in [3.05, 3.63) is 29.2 Å². The quantitative estimate of drug-likeness (QED) is 0.337. The molecule has 1 aromatic carbocycles. The molecule has 0 aliphatic heterocycles. The number of halogens is 1. The zero-order valence-corrected chi connectivity index (χ0v) is 11.8. The van der Waals surface area contributed by atoms with Crippen LogP contribution in [0.1, 0.15) is 20.3 Å². The van der Waals surface area contributed by atoms with Crippen LogP contribution >= 0.6 is 0 Å². The zero-order chi connectivity index (χ0) is 14.6. The standard InChI is InChI=1S/C13H19FN2O2S/c1-9(14)4-5-10(2)19(3,18)16-12-8-11(15)6-7-13(12)17/h5-9,17H,3-4,15H2,1-2H3,(H,16,18)/b10-5+. The van der Waals surface area contributed by atoms with Crippen LogP contribution in [-0.4, -0.2) is 21.4 Å². The van der Waals surface area contributed by atoms with Crippen LogP contribution in [0, 0.1) is 0 Å². The number of aromatic hydroxyl groups is 1. The number of hydrogen-bond acceptors (Lipinski definition) is 3. The zero-order valence-electron chi connectivity index (χ0n) is 11.0. The summed E-state index contributed by atoms with van der Waals surface area (Å²) in [6, 6.07) is 4.39. The molecule has 0 radical (unpaired) electrons. The molecular formula is C13H19FN2O2S. The van der Waals surface area contributed by atoms with Crippen molar-refractivity contribution >= 4 is 27.0 Å². The van der Waals surface area contributed by atoms with Crippen molar-refractivity contribution in [3.8, 4) is 5.75 Å². The van der Waals surface area contributed by atoms with E-state index in [9.17, 15) is 13.7 Å². The van der Waals surface area contributed by atoms with E-state index in [0.29, 0.717) is 10.6 Å². The van der Waals surface area contributed by atoms with E-state index in [2.05, 4.69) is 10.6 Å². The molecule has 0 spiro atoms. The van der Waals surface area contributed by atoms with Crippen molar-refractivity contribution in [1.29, 1.82) is 0 Å². The maximum atomic E-state index is 12.8. The smallest absolute Gasteiger partial charge is 0.139 e. The molecule has 0 aromatic heterocycles. The Kier molecular flexibility index (Phi) is 4.83. The van der Waals surface area contributed by atoms with Crippen LogP contribution in [0.25, 0.3) is 0 Å². The van der Waals surface area contributed by atoms with Gasteiger partial charge in [-0.1, -0.05) is 6.08 Å². The number of rotatable bonds is 5. The highest BCUT2D eigenvalue weighted by atomic mass is 32.2. The summed E-state index contributed by atoms with van der Waals surface area (Å²) in [5.74, 6) is 3.52. The summed E-state index contributed by atoms with van der Waals surface area (Å²) >= 11 is 0. The van der Waals surface area contributed by atoms with Gasteiger partial charge in [-0.25, -0.2) is 8.60 Å². The molecule has 1 aromatic rings. The normalized spacial score (nSPS) is 16.7. The number of alkyl halides is 1. The summed E-state index contributed by atoms with van der Waals surface area (Å²) in [7, 11) is -2.82. The van der Waals surface area contributed by atoms with Crippen molar-refractivity contribution in [3.63, 3.8) is 0 Å². The first-order valence-corrected chi connectivity index (χ1v) is 7.49. The lowest BCUT2D eigenvalue weighted by atomic mass is 10.3. The van der Waals surface area contributed by atoms with Crippen molar-refractivity contribution < 1.29 is 13.7 Å². The van der Waals surface area contributed by atoms with Gasteiger partial charge in [0.25, 0.3) is 0 Å². The van der Waals surface area contributed by atoms with Crippen LogP contribution in [0.5, 0.6) is 5.75 Å². The van der Waals surface area contributed by atoms with Crippen LogP contribution in [-0.2, 0) is 9.71 Å². The molecule has 0 aliphatic carbocycles. The molecule has 6 heteroatoms. The number of anilines is 2. The van der Waals surface area contributed by atoms with Gasteiger partial charge in [0.2, 0.25) is 0 Å². The monoisotopic (exact) mass is 286 g/mol. The first-order valence-electron chi connectivity index (χ1n) is 5.76. The molecule has 0 saturated carbocycles. The number of nitrogen functional groups attached to an aromatic ring is 1. The summed E-state index contributed by atoms with van der Waals surface area (Å²) in [6.07, 6.45) is 0.699. The Morgan fingerprint density at radius 1 is 1.68 bits per heavy atom. The third kappa shape index (κ3) is 4.48. The summed E-state index contributed by atoms with van der Waals surface area (Å²) in [4.78, 5) is 0.429. The topological polar surface area (TPSA) is 75.4 Å². The molecule has 4 nitrogen and oxygen atoms in total. The number of nitrogens with one attached hydrogen (secondary N) is 1. The van der Waals surface area contributed by atoms with E-state index in [1.807, 2.05) is 0 Å². The highest BCUT2D eigenvalue weighted by Gasteiger charge is 2.10. The van der Waals surface area contributed by atoms with E-state index in [1.54, 1.807) is 6.92 Å². The maximum absolute atomic E-state index is 12.8. The van der Waals surface area contributed by atoms with Gasteiger partial charge < -0.3 is 15.6 Å². The molecule has 0 heterocycles. The molecule has 2 atom stereocenters. The van der Waals surface area contributed by atoms with Crippen LogP contribution in [0.15, 0.2) is 29.2 Å². The first-order chi connectivity index (χ1) is 8.72. The van der Waals surface area contributed by atoms with Gasteiger partial charge in [-0.05, 0) is 44.3 Å². The largest absolute Gasteiger partial charge is 0.506 e. The fraction of sp³-hybridized carbons (Fsp3) is 0.308. The molecule has 0 saturated heterocycles. The third-order valence-corrected chi connectivity index (χ3v) is 4.30. The van der Waals surface area contributed by atoms with E-state index in [0.717, 1.165) is 0 Å². The molecule has 106 valence electrons. The second-order valence-corrected chi connectivity index (χ2v) is 6.58. The second kappa shape index (κ2) is 5.97. The van der Waals surface area contributed by atoms with Gasteiger partial charge in [0.1, 0.15) is 11.9 Å². The Morgan fingerprint density at radius 3 is 2.89 bits per heavy atom. The lowest BCUT2D eigenvalue weighted by molar-refractivity contribution is 0.365. The van der Waals surface area contributed by atoms with E-state index in [1.165, 1.54) is 31.2 Å². The molecule has 0 fully saturated rings.